The molecule has 3 fully saturated rings. The molecule has 4 heteroatoms. The summed E-state index contributed by atoms with van der Waals surface area (Å²) in [5, 5.41) is 0. The Hall–Kier alpha value is -0.610. The molecule has 21 heavy (non-hydrogen) atoms. The minimum absolute atomic E-state index is 0.173. The molecule has 0 bridgehead atoms. The molecule has 5 unspecified atom stereocenters. The molecular weight excluding hydrogens is 262 g/mol. The van der Waals surface area contributed by atoms with Gasteiger partial charge in [-0.3, -0.25) is 4.79 Å². The van der Waals surface area contributed by atoms with Gasteiger partial charge in [-0.15, -0.1) is 0 Å². The van der Waals surface area contributed by atoms with Crippen LogP contribution >= 0.6 is 0 Å². The maximum atomic E-state index is 12.9. The van der Waals surface area contributed by atoms with Gasteiger partial charge in [0.25, 0.3) is 0 Å². The molecule has 0 aromatic carbocycles. The van der Waals surface area contributed by atoms with Gasteiger partial charge in [-0.05, 0) is 64.0 Å². The van der Waals surface area contributed by atoms with Crippen molar-refractivity contribution in [2.45, 2.75) is 57.5 Å². The predicted octanol–water partition coefficient (Wildman–Crippen LogP) is 1.69. The summed E-state index contributed by atoms with van der Waals surface area (Å²) in [6, 6.07) is 0.933. The van der Waals surface area contributed by atoms with E-state index >= 15 is 0 Å². The van der Waals surface area contributed by atoms with Crippen molar-refractivity contribution < 1.29 is 4.79 Å². The molecule has 2 N–H and O–H groups in total. The second-order valence-corrected chi connectivity index (χ2v) is 7.68. The number of likely N-dealkylation sites (tertiary alicyclic amines) is 2. The molecule has 0 aromatic heterocycles. The molecule has 5 atom stereocenters. The molecule has 0 aromatic rings. The van der Waals surface area contributed by atoms with E-state index in [4.69, 9.17) is 5.73 Å². The lowest BCUT2D eigenvalue weighted by Gasteiger charge is -2.47. The van der Waals surface area contributed by atoms with Crippen molar-refractivity contribution in [3.05, 3.63) is 0 Å². The summed E-state index contributed by atoms with van der Waals surface area (Å²) >= 11 is 0. The van der Waals surface area contributed by atoms with Crippen LogP contribution in [0, 0.1) is 17.8 Å². The number of piperidine rings is 2. The van der Waals surface area contributed by atoms with Crippen molar-refractivity contribution in [1.29, 1.82) is 0 Å². The van der Waals surface area contributed by atoms with Gasteiger partial charge in [-0.25, -0.2) is 0 Å². The van der Waals surface area contributed by atoms with E-state index in [0.717, 1.165) is 38.8 Å². The minimum atomic E-state index is 0.173. The SMILES string of the molecule is CC1CCC(N)CC1C(=O)N1CCC2C(CCCN2C)C1. The van der Waals surface area contributed by atoms with Crippen LogP contribution in [-0.4, -0.2) is 54.5 Å². The van der Waals surface area contributed by atoms with Crippen LogP contribution in [0.1, 0.15) is 45.4 Å². The van der Waals surface area contributed by atoms with Crippen LogP contribution in [0.5, 0.6) is 0 Å². The number of carbonyl (C=O) groups is 1. The fourth-order valence-corrected chi connectivity index (χ4v) is 4.79. The Balaban J connectivity index is 1.63. The smallest absolute Gasteiger partial charge is 0.226 e. The van der Waals surface area contributed by atoms with E-state index in [1.807, 2.05) is 0 Å². The normalized spacial score (nSPS) is 41.7. The zero-order valence-electron chi connectivity index (χ0n) is 13.6. The largest absolute Gasteiger partial charge is 0.342 e. The van der Waals surface area contributed by atoms with Crippen molar-refractivity contribution in [2.24, 2.45) is 23.5 Å². The Kier molecular flexibility index (Phi) is 4.55. The molecule has 1 aliphatic carbocycles. The third-order valence-corrected chi connectivity index (χ3v) is 6.21. The van der Waals surface area contributed by atoms with Gasteiger partial charge in [-0.2, -0.15) is 0 Å². The fourth-order valence-electron chi connectivity index (χ4n) is 4.79. The number of carbonyl (C=O) groups excluding carboxylic acids is 1. The maximum absolute atomic E-state index is 12.9. The Labute approximate surface area is 129 Å². The van der Waals surface area contributed by atoms with E-state index in [1.54, 1.807) is 0 Å². The maximum Gasteiger partial charge on any atom is 0.226 e. The molecule has 0 spiro atoms. The Bertz CT molecular complexity index is 386. The topological polar surface area (TPSA) is 49.6 Å². The first-order valence-electron chi connectivity index (χ1n) is 8.81. The average Bonchev–Trinajstić information content (AvgIpc) is 2.49. The number of nitrogens with two attached hydrogens (primary N) is 1. The number of amides is 1. The molecule has 0 radical (unpaired) electrons. The lowest BCUT2D eigenvalue weighted by molar-refractivity contribution is -0.142. The zero-order valence-corrected chi connectivity index (χ0v) is 13.6. The summed E-state index contributed by atoms with van der Waals surface area (Å²) in [5.41, 5.74) is 6.10. The molecule has 4 nitrogen and oxygen atoms in total. The molecule has 1 saturated carbocycles. The van der Waals surface area contributed by atoms with Crippen LogP contribution in [0.25, 0.3) is 0 Å². The zero-order chi connectivity index (χ0) is 15.0. The van der Waals surface area contributed by atoms with Crippen molar-refractivity contribution in [3.63, 3.8) is 0 Å². The highest BCUT2D eigenvalue weighted by Gasteiger charge is 2.39. The van der Waals surface area contributed by atoms with Crippen LogP contribution in [-0.2, 0) is 4.79 Å². The lowest BCUT2D eigenvalue weighted by Crippen LogP contribution is -2.55. The Morgan fingerprint density at radius 2 is 1.95 bits per heavy atom. The molecule has 1 amide bonds. The summed E-state index contributed by atoms with van der Waals surface area (Å²) in [7, 11) is 2.25. The van der Waals surface area contributed by atoms with Gasteiger partial charge >= 0.3 is 0 Å². The van der Waals surface area contributed by atoms with E-state index < -0.39 is 0 Å². The predicted molar refractivity (Wildman–Crippen MR) is 84.8 cm³/mol. The first-order valence-corrected chi connectivity index (χ1v) is 8.81. The Morgan fingerprint density at radius 1 is 1.14 bits per heavy atom. The lowest BCUT2D eigenvalue weighted by atomic mass is 9.76. The molecule has 120 valence electrons. The van der Waals surface area contributed by atoms with Crippen molar-refractivity contribution in [1.82, 2.24) is 9.80 Å². The van der Waals surface area contributed by atoms with Gasteiger partial charge in [0.15, 0.2) is 0 Å². The third-order valence-electron chi connectivity index (χ3n) is 6.21. The number of rotatable bonds is 1. The fraction of sp³-hybridized carbons (Fsp3) is 0.941. The van der Waals surface area contributed by atoms with Crippen LogP contribution < -0.4 is 5.73 Å². The summed E-state index contributed by atoms with van der Waals surface area (Å²) in [5.74, 6) is 1.76. The van der Waals surface area contributed by atoms with Gasteiger partial charge < -0.3 is 15.5 Å². The molecule has 2 aliphatic heterocycles. The quantitative estimate of drug-likeness (QED) is 0.800. The summed E-state index contributed by atoms with van der Waals surface area (Å²) in [6.07, 6.45) is 6.81. The first kappa shape index (κ1) is 15.3. The average molecular weight is 293 g/mol. The summed E-state index contributed by atoms with van der Waals surface area (Å²) in [4.78, 5) is 17.6. The second kappa shape index (κ2) is 6.25. The number of fused-ring (bicyclic) bond motifs is 1. The van der Waals surface area contributed by atoms with Gasteiger partial charge in [0, 0.05) is 31.1 Å². The minimum Gasteiger partial charge on any atom is -0.342 e. The summed E-state index contributed by atoms with van der Waals surface area (Å²) < 4.78 is 0. The highest BCUT2D eigenvalue weighted by Crippen LogP contribution is 2.34. The van der Waals surface area contributed by atoms with Crippen molar-refractivity contribution in [2.75, 3.05) is 26.7 Å². The van der Waals surface area contributed by atoms with E-state index in [9.17, 15) is 4.79 Å². The molecular formula is C17H31N3O. The highest BCUT2D eigenvalue weighted by molar-refractivity contribution is 5.79. The molecule has 2 saturated heterocycles. The third kappa shape index (κ3) is 3.11. The first-order chi connectivity index (χ1) is 10.1. The van der Waals surface area contributed by atoms with Crippen molar-refractivity contribution in [3.8, 4) is 0 Å². The van der Waals surface area contributed by atoms with Crippen LogP contribution in [0.4, 0.5) is 0 Å². The van der Waals surface area contributed by atoms with E-state index in [2.05, 4.69) is 23.8 Å². The number of hydrogen-bond donors (Lipinski definition) is 1. The van der Waals surface area contributed by atoms with E-state index in [1.165, 1.54) is 19.4 Å². The summed E-state index contributed by atoms with van der Waals surface area (Å²) in [6.45, 7) is 5.38. The second-order valence-electron chi connectivity index (χ2n) is 7.68. The van der Waals surface area contributed by atoms with Crippen LogP contribution in [0.15, 0.2) is 0 Å². The van der Waals surface area contributed by atoms with E-state index in [-0.39, 0.29) is 12.0 Å². The molecule has 3 rings (SSSR count). The molecule has 2 heterocycles. The standard InChI is InChI=1S/C17H31N3O/c1-12-5-6-14(18)10-15(12)17(21)20-9-7-16-13(11-20)4-3-8-19(16)2/h12-16H,3-11,18H2,1-2H3. The number of hydrogen-bond acceptors (Lipinski definition) is 3. The van der Waals surface area contributed by atoms with E-state index in [0.29, 0.717) is 23.8 Å². The molecule has 3 aliphatic rings. The van der Waals surface area contributed by atoms with Gasteiger partial charge in [0.1, 0.15) is 0 Å². The monoisotopic (exact) mass is 293 g/mol. The van der Waals surface area contributed by atoms with Crippen molar-refractivity contribution >= 4 is 5.91 Å². The van der Waals surface area contributed by atoms with Gasteiger partial charge in [-0.1, -0.05) is 6.92 Å². The number of nitrogens with zero attached hydrogens (tertiary/aromatic N) is 2. The van der Waals surface area contributed by atoms with Gasteiger partial charge in [0.05, 0.1) is 0 Å². The van der Waals surface area contributed by atoms with Crippen LogP contribution in [0.2, 0.25) is 0 Å². The Morgan fingerprint density at radius 3 is 2.76 bits per heavy atom. The van der Waals surface area contributed by atoms with Gasteiger partial charge in [0.2, 0.25) is 5.91 Å². The van der Waals surface area contributed by atoms with Crippen LogP contribution in [0.3, 0.4) is 0 Å². The highest BCUT2D eigenvalue weighted by atomic mass is 16.2.